The molecule has 0 amide bonds. The molecule has 2 heterocycles. The molecule has 0 spiro atoms. The van der Waals surface area contributed by atoms with Crippen molar-refractivity contribution in [2.24, 2.45) is 4.99 Å². The summed E-state index contributed by atoms with van der Waals surface area (Å²) >= 11 is 11.3. The number of nitrogens with zero attached hydrogens (tertiary/aromatic N) is 3. The molecule has 1 aliphatic heterocycles. The maximum atomic E-state index is 14.1. The van der Waals surface area contributed by atoms with Gasteiger partial charge in [-0.3, -0.25) is 9.36 Å². The summed E-state index contributed by atoms with van der Waals surface area (Å²) in [7, 11) is 1.53. The van der Waals surface area contributed by atoms with Gasteiger partial charge in [-0.15, -0.1) is 0 Å². The van der Waals surface area contributed by atoms with Gasteiger partial charge in [-0.2, -0.15) is 5.26 Å². The molecule has 5 rings (SSSR count). The van der Waals surface area contributed by atoms with Crippen LogP contribution in [0.5, 0.6) is 11.5 Å². The number of carbonyl (C=O) groups excluding carboxylic acids is 1. The maximum Gasteiger partial charge on any atom is 0.338 e. The van der Waals surface area contributed by atoms with Gasteiger partial charge in [0.05, 0.1) is 41.2 Å². The zero-order valence-electron chi connectivity index (χ0n) is 23.4. The summed E-state index contributed by atoms with van der Waals surface area (Å²) in [6.07, 6.45) is 1.70. The summed E-state index contributed by atoms with van der Waals surface area (Å²) in [5.74, 6) is 0.278. The number of fused-ring (bicyclic) bond motifs is 1. The first kappa shape index (κ1) is 30.3. The minimum atomic E-state index is -0.832. The van der Waals surface area contributed by atoms with Crippen LogP contribution in [0.25, 0.3) is 6.08 Å². The van der Waals surface area contributed by atoms with Crippen molar-refractivity contribution in [3.05, 3.63) is 123 Å². The second-order valence-corrected chi connectivity index (χ2v) is 11.7. The molecule has 1 aromatic heterocycles. The van der Waals surface area contributed by atoms with E-state index in [1.807, 2.05) is 18.2 Å². The van der Waals surface area contributed by atoms with Gasteiger partial charge in [0, 0.05) is 20.6 Å². The van der Waals surface area contributed by atoms with Gasteiger partial charge in [-0.25, -0.2) is 9.79 Å². The summed E-state index contributed by atoms with van der Waals surface area (Å²) < 4.78 is 19.7. The fourth-order valence-corrected chi connectivity index (χ4v) is 6.56. The standard InChI is InChI=1S/C32H25BrClN3O5S/c1-4-41-31(39)27-18(2)36-32-37(28(27)23-11-7-8-12-24(23)34)30(38)26(43-32)14-21-13-22(33)15-25(40-3)29(21)42-17-20-10-6-5-9-19(20)16-35/h5-15,28H,4,17H2,1-3H3/b26-14-/t28-/m1/s1. The Morgan fingerprint density at radius 2 is 1.95 bits per heavy atom. The van der Waals surface area contributed by atoms with E-state index in [4.69, 9.17) is 25.8 Å². The van der Waals surface area contributed by atoms with Crippen LogP contribution in [0.2, 0.25) is 5.02 Å². The molecule has 3 aromatic carbocycles. The molecule has 4 aromatic rings. The van der Waals surface area contributed by atoms with Crippen molar-refractivity contribution in [1.82, 2.24) is 4.57 Å². The van der Waals surface area contributed by atoms with E-state index in [1.54, 1.807) is 62.4 Å². The Hall–Kier alpha value is -4.17. The topological polar surface area (TPSA) is 103 Å². The van der Waals surface area contributed by atoms with E-state index in [-0.39, 0.29) is 24.3 Å². The van der Waals surface area contributed by atoms with Gasteiger partial charge in [0.15, 0.2) is 16.3 Å². The number of rotatable bonds is 8. The highest BCUT2D eigenvalue weighted by Crippen LogP contribution is 2.37. The first-order valence-electron chi connectivity index (χ1n) is 13.2. The molecule has 11 heteroatoms. The van der Waals surface area contributed by atoms with Gasteiger partial charge in [-0.1, -0.05) is 75.3 Å². The first-order chi connectivity index (χ1) is 20.8. The summed E-state index contributed by atoms with van der Waals surface area (Å²) in [5.41, 5.74) is 2.70. The molecular formula is C32H25BrClN3O5S. The van der Waals surface area contributed by atoms with Gasteiger partial charge in [0.1, 0.15) is 12.6 Å². The number of carbonyl (C=O) groups is 1. The van der Waals surface area contributed by atoms with Gasteiger partial charge in [0.25, 0.3) is 5.56 Å². The van der Waals surface area contributed by atoms with Crippen LogP contribution >= 0.6 is 38.9 Å². The fraction of sp³-hybridized carbons (Fsp3) is 0.188. The molecule has 218 valence electrons. The van der Waals surface area contributed by atoms with Gasteiger partial charge >= 0.3 is 5.97 Å². The van der Waals surface area contributed by atoms with Crippen LogP contribution in [-0.2, 0) is 16.1 Å². The van der Waals surface area contributed by atoms with E-state index in [0.29, 0.717) is 58.3 Å². The van der Waals surface area contributed by atoms with E-state index in [9.17, 15) is 14.9 Å². The minimum Gasteiger partial charge on any atom is -0.493 e. The third kappa shape index (κ3) is 6.02. The molecule has 1 atom stereocenters. The second kappa shape index (κ2) is 13.0. The molecule has 0 unspecified atom stereocenters. The Kier molecular flexibility index (Phi) is 9.16. The summed E-state index contributed by atoms with van der Waals surface area (Å²) in [6.45, 7) is 3.72. The molecule has 0 aliphatic carbocycles. The average molecular weight is 679 g/mol. The van der Waals surface area contributed by atoms with Crippen molar-refractivity contribution in [3.8, 4) is 17.6 Å². The number of methoxy groups -OCH3 is 1. The van der Waals surface area contributed by atoms with Crippen LogP contribution in [0.4, 0.5) is 0 Å². The number of allylic oxidation sites excluding steroid dienone is 1. The maximum absolute atomic E-state index is 14.1. The SMILES string of the molecule is CCOC(=O)C1=C(C)N=c2s/c(=C\c3cc(Br)cc(OC)c3OCc3ccccc3C#N)c(=O)n2[C@@H]1c1ccccc1Cl. The summed E-state index contributed by atoms with van der Waals surface area (Å²) in [4.78, 5) is 32.3. The number of benzene rings is 3. The summed E-state index contributed by atoms with van der Waals surface area (Å²) in [5, 5.41) is 9.91. The summed E-state index contributed by atoms with van der Waals surface area (Å²) in [6, 6.07) is 19.2. The van der Waals surface area contributed by atoms with Crippen molar-refractivity contribution in [2.45, 2.75) is 26.5 Å². The third-order valence-corrected chi connectivity index (χ3v) is 8.57. The number of esters is 1. The zero-order valence-corrected chi connectivity index (χ0v) is 26.5. The molecule has 8 nitrogen and oxygen atoms in total. The number of halogens is 2. The minimum absolute atomic E-state index is 0.110. The highest BCUT2D eigenvalue weighted by Gasteiger charge is 2.34. The van der Waals surface area contributed by atoms with Gasteiger partial charge < -0.3 is 14.2 Å². The predicted octanol–water partition coefficient (Wildman–Crippen LogP) is 5.67. The molecule has 0 saturated carbocycles. The van der Waals surface area contributed by atoms with E-state index in [1.165, 1.54) is 23.0 Å². The zero-order chi connectivity index (χ0) is 30.7. The Morgan fingerprint density at radius 1 is 1.21 bits per heavy atom. The van der Waals surface area contributed by atoms with Crippen LogP contribution in [-0.4, -0.2) is 24.3 Å². The van der Waals surface area contributed by atoms with Crippen LogP contribution < -0.4 is 24.4 Å². The Morgan fingerprint density at radius 3 is 2.67 bits per heavy atom. The van der Waals surface area contributed by atoms with Crippen molar-refractivity contribution >= 4 is 50.9 Å². The molecular weight excluding hydrogens is 654 g/mol. The highest BCUT2D eigenvalue weighted by molar-refractivity contribution is 9.10. The highest BCUT2D eigenvalue weighted by atomic mass is 79.9. The lowest BCUT2D eigenvalue weighted by Gasteiger charge is -2.25. The average Bonchev–Trinajstić information content (AvgIpc) is 3.30. The van der Waals surface area contributed by atoms with E-state index in [0.717, 1.165) is 0 Å². The Bertz CT molecular complexity index is 1990. The monoisotopic (exact) mass is 677 g/mol. The van der Waals surface area contributed by atoms with Crippen molar-refractivity contribution in [3.63, 3.8) is 0 Å². The Labute approximate surface area is 264 Å². The van der Waals surface area contributed by atoms with Crippen LogP contribution in [0.3, 0.4) is 0 Å². The van der Waals surface area contributed by atoms with Crippen LogP contribution in [0.1, 0.15) is 42.1 Å². The van der Waals surface area contributed by atoms with E-state index < -0.39 is 12.0 Å². The molecule has 0 fully saturated rings. The fourth-order valence-electron chi connectivity index (χ4n) is 4.83. The number of hydrogen-bond donors (Lipinski definition) is 0. The van der Waals surface area contributed by atoms with Gasteiger partial charge in [-0.05, 0) is 49.8 Å². The number of thiazole rings is 1. The number of aromatic nitrogens is 1. The van der Waals surface area contributed by atoms with Crippen molar-refractivity contribution < 1.29 is 19.0 Å². The van der Waals surface area contributed by atoms with Crippen LogP contribution in [0.15, 0.2) is 86.2 Å². The predicted molar refractivity (Wildman–Crippen MR) is 168 cm³/mol. The molecule has 0 N–H and O–H groups in total. The number of hydrogen-bond acceptors (Lipinski definition) is 8. The van der Waals surface area contributed by atoms with Gasteiger partial charge in [0.2, 0.25) is 0 Å². The smallest absolute Gasteiger partial charge is 0.338 e. The lowest BCUT2D eigenvalue weighted by Crippen LogP contribution is -2.40. The third-order valence-electron chi connectivity index (χ3n) is 6.78. The molecule has 1 aliphatic rings. The van der Waals surface area contributed by atoms with E-state index in [2.05, 4.69) is 27.0 Å². The number of nitriles is 1. The Balaban J connectivity index is 1.68. The molecule has 0 saturated heterocycles. The quantitative estimate of drug-likeness (QED) is 0.223. The lowest BCUT2D eigenvalue weighted by atomic mass is 9.96. The number of ether oxygens (including phenoxy) is 3. The van der Waals surface area contributed by atoms with Crippen molar-refractivity contribution in [2.75, 3.05) is 13.7 Å². The van der Waals surface area contributed by atoms with E-state index >= 15 is 0 Å². The molecule has 0 radical (unpaired) electrons. The second-order valence-electron chi connectivity index (χ2n) is 9.41. The molecule has 43 heavy (non-hydrogen) atoms. The largest absolute Gasteiger partial charge is 0.493 e. The normalized spacial score (nSPS) is 14.5. The lowest BCUT2D eigenvalue weighted by molar-refractivity contribution is -0.139. The van der Waals surface area contributed by atoms with Crippen molar-refractivity contribution in [1.29, 1.82) is 5.26 Å². The first-order valence-corrected chi connectivity index (χ1v) is 15.2. The van der Waals surface area contributed by atoms with Crippen LogP contribution in [0, 0.1) is 11.3 Å². The molecule has 0 bridgehead atoms.